The molecule has 1 fully saturated rings. The summed E-state index contributed by atoms with van der Waals surface area (Å²) in [5.74, 6) is 0.219. The highest BCUT2D eigenvalue weighted by molar-refractivity contribution is 5.76. The average molecular weight is 199 g/mol. The molecule has 0 saturated carbocycles. The van der Waals surface area contributed by atoms with Crippen LogP contribution in [0.15, 0.2) is 0 Å². The highest BCUT2D eigenvalue weighted by Gasteiger charge is 2.19. The standard InChI is InChI=1S/C10H21N3O/c1-9(8-10(14)12(2)3)13-6-4-11-5-7-13/h9,11H,4-8H2,1-3H3. The van der Waals surface area contributed by atoms with Crippen molar-refractivity contribution in [1.29, 1.82) is 0 Å². The van der Waals surface area contributed by atoms with Gasteiger partial charge in [0.05, 0.1) is 0 Å². The van der Waals surface area contributed by atoms with Crippen LogP contribution in [0, 0.1) is 0 Å². The van der Waals surface area contributed by atoms with Gasteiger partial charge >= 0.3 is 0 Å². The summed E-state index contributed by atoms with van der Waals surface area (Å²) in [7, 11) is 3.62. The monoisotopic (exact) mass is 199 g/mol. The lowest BCUT2D eigenvalue weighted by Gasteiger charge is -2.32. The molecule has 4 heteroatoms. The molecule has 1 saturated heterocycles. The van der Waals surface area contributed by atoms with Gasteiger partial charge in [0.1, 0.15) is 0 Å². The van der Waals surface area contributed by atoms with Crippen molar-refractivity contribution in [3.8, 4) is 0 Å². The fourth-order valence-corrected chi connectivity index (χ4v) is 1.69. The molecule has 82 valence electrons. The van der Waals surface area contributed by atoms with Crippen LogP contribution in [-0.2, 0) is 4.79 Å². The van der Waals surface area contributed by atoms with E-state index in [1.54, 1.807) is 4.90 Å². The molecule has 0 aromatic heterocycles. The topological polar surface area (TPSA) is 35.6 Å². The first-order chi connectivity index (χ1) is 6.61. The SMILES string of the molecule is CC(CC(=O)N(C)C)N1CCNCC1. The number of carbonyl (C=O) groups excluding carboxylic acids is 1. The Hall–Kier alpha value is -0.610. The Kier molecular flexibility index (Phi) is 4.35. The fourth-order valence-electron chi connectivity index (χ4n) is 1.69. The molecule has 1 atom stereocenters. The van der Waals surface area contributed by atoms with E-state index in [0.717, 1.165) is 26.2 Å². The van der Waals surface area contributed by atoms with Gasteiger partial charge in [0.25, 0.3) is 0 Å². The molecule has 1 amide bonds. The Balaban J connectivity index is 2.32. The largest absolute Gasteiger partial charge is 0.349 e. The molecule has 0 radical (unpaired) electrons. The molecule has 0 aromatic carbocycles. The molecule has 1 heterocycles. The van der Waals surface area contributed by atoms with Gasteiger partial charge in [-0.2, -0.15) is 0 Å². The second kappa shape index (κ2) is 5.32. The highest BCUT2D eigenvalue weighted by atomic mass is 16.2. The summed E-state index contributed by atoms with van der Waals surface area (Å²) in [5, 5.41) is 3.31. The summed E-state index contributed by atoms with van der Waals surface area (Å²) in [5.41, 5.74) is 0. The van der Waals surface area contributed by atoms with E-state index in [0.29, 0.717) is 12.5 Å². The van der Waals surface area contributed by atoms with Crippen LogP contribution in [0.5, 0.6) is 0 Å². The zero-order valence-corrected chi connectivity index (χ0v) is 9.42. The van der Waals surface area contributed by atoms with Crippen LogP contribution in [0.3, 0.4) is 0 Å². The number of nitrogens with one attached hydrogen (secondary N) is 1. The van der Waals surface area contributed by atoms with Gasteiger partial charge in [-0.25, -0.2) is 0 Å². The molecule has 0 bridgehead atoms. The van der Waals surface area contributed by atoms with Crippen LogP contribution in [0.1, 0.15) is 13.3 Å². The van der Waals surface area contributed by atoms with E-state index in [9.17, 15) is 4.79 Å². The predicted octanol–water partition coefficient (Wildman–Crippen LogP) is -0.242. The number of hydrogen-bond acceptors (Lipinski definition) is 3. The van der Waals surface area contributed by atoms with Gasteiger partial charge in [0, 0.05) is 52.7 Å². The van der Waals surface area contributed by atoms with Gasteiger partial charge in [-0.15, -0.1) is 0 Å². The molecule has 1 aliphatic heterocycles. The van der Waals surface area contributed by atoms with Gasteiger partial charge in [-0.1, -0.05) is 0 Å². The van der Waals surface area contributed by atoms with E-state index >= 15 is 0 Å². The first kappa shape index (κ1) is 11.5. The second-order valence-corrected chi connectivity index (χ2v) is 4.13. The van der Waals surface area contributed by atoms with Crippen molar-refractivity contribution < 1.29 is 4.79 Å². The molecule has 0 spiro atoms. The number of piperazine rings is 1. The lowest BCUT2D eigenvalue weighted by molar-refractivity contribution is -0.129. The molecule has 14 heavy (non-hydrogen) atoms. The Morgan fingerprint density at radius 1 is 1.43 bits per heavy atom. The van der Waals surface area contributed by atoms with Crippen LogP contribution in [0.2, 0.25) is 0 Å². The zero-order valence-electron chi connectivity index (χ0n) is 9.42. The zero-order chi connectivity index (χ0) is 10.6. The Labute approximate surface area is 86.2 Å². The van der Waals surface area contributed by atoms with Gasteiger partial charge in [-0.05, 0) is 6.92 Å². The molecule has 1 rings (SSSR count). The third-order valence-electron chi connectivity index (χ3n) is 2.74. The maximum Gasteiger partial charge on any atom is 0.223 e. The van der Waals surface area contributed by atoms with Crippen LogP contribution in [-0.4, -0.2) is 62.0 Å². The predicted molar refractivity (Wildman–Crippen MR) is 57.2 cm³/mol. The van der Waals surface area contributed by atoms with Crippen LogP contribution >= 0.6 is 0 Å². The van der Waals surface area contributed by atoms with E-state index in [1.165, 1.54) is 0 Å². The van der Waals surface area contributed by atoms with Crippen molar-refractivity contribution in [2.45, 2.75) is 19.4 Å². The highest BCUT2D eigenvalue weighted by Crippen LogP contribution is 2.06. The van der Waals surface area contributed by atoms with Crippen molar-refractivity contribution >= 4 is 5.91 Å². The molecular formula is C10H21N3O. The average Bonchev–Trinajstić information content (AvgIpc) is 2.19. The van der Waals surface area contributed by atoms with Crippen molar-refractivity contribution in [1.82, 2.24) is 15.1 Å². The number of carbonyl (C=O) groups is 1. The van der Waals surface area contributed by atoms with Crippen molar-refractivity contribution in [3.05, 3.63) is 0 Å². The summed E-state index contributed by atoms with van der Waals surface area (Å²) < 4.78 is 0. The quantitative estimate of drug-likeness (QED) is 0.681. The number of hydrogen-bond donors (Lipinski definition) is 1. The third-order valence-corrected chi connectivity index (χ3v) is 2.74. The minimum Gasteiger partial charge on any atom is -0.349 e. The van der Waals surface area contributed by atoms with Crippen LogP contribution in [0.25, 0.3) is 0 Å². The molecule has 1 N–H and O–H groups in total. The lowest BCUT2D eigenvalue weighted by Crippen LogP contribution is -2.48. The van der Waals surface area contributed by atoms with E-state index in [2.05, 4.69) is 17.1 Å². The van der Waals surface area contributed by atoms with E-state index in [-0.39, 0.29) is 5.91 Å². The van der Waals surface area contributed by atoms with Gasteiger partial charge in [0.2, 0.25) is 5.91 Å². The smallest absolute Gasteiger partial charge is 0.223 e. The van der Waals surface area contributed by atoms with Gasteiger partial charge in [0.15, 0.2) is 0 Å². The lowest BCUT2D eigenvalue weighted by atomic mass is 10.1. The van der Waals surface area contributed by atoms with Crippen LogP contribution in [0.4, 0.5) is 0 Å². The normalized spacial score (nSPS) is 20.5. The van der Waals surface area contributed by atoms with Crippen molar-refractivity contribution in [2.24, 2.45) is 0 Å². The first-order valence-corrected chi connectivity index (χ1v) is 5.26. The summed E-state index contributed by atoms with van der Waals surface area (Å²) in [6.45, 7) is 6.33. The van der Waals surface area contributed by atoms with Crippen molar-refractivity contribution in [2.75, 3.05) is 40.3 Å². The second-order valence-electron chi connectivity index (χ2n) is 4.13. The molecule has 1 aliphatic rings. The summed E-state index contributed by atoms with van der Waals surface area (Å²) >= 11 is 0. The molecule has 4 nitrogen and oxygen atoms in total. The Morgan fingerprint density at radius 3 is 2.50 bits per heavy atom. The Bertz CT molecular complexity index is 188. The van der Waals surface area contributed by atoms with E-state index < -0.39 is 0 Å². The summed E-state index contributed by atoms with van der Waals surface area (Å²) in [6.07, 6.45) is 0.632. The maximum atomic E-state index is 11.5. The van der Waals surface area contributed by atoms with E-state index in [1.807, 2.05) is 14.1 Å². The minimum absolute atomic E-state index is 0.219. The number of amides is 1. The van der Waals surface area contributed by atoms with Gasteiger partial charge in [-0.3, -0.25) is 9.69 Å². The Morgan fingerprint density at radius 2 is 2.00 bits per heavy atom. The number of rotatable bonds is 3. The summed E-state index contributed by atoms with van der Waals surface area (Å²) in [6, 6.07) is 0.368. The molecular weight excluding hydrogens is 178 g/mol. The number of nitrogens with zero attached hydrogens (tertiary/aromatic N) is 2. The minimum atomic E-state index is 0.219. The maximum absolute atomic E-state index is 11.5. The molecule has 0 aliphatic carbocycles. The molecule has 1 unspecified atom stereocenters. The fraction of sp³-hybridized carbons (Fsp3) is 0.900. The van der Waals surface area contributed by atoms with Crippen molar-refractivity contribution in [3.63, 3.8) is 0 Å². The summed E-state index contributed by atoms with van der Waals surface area (Å²) in [4.78, 5) is 15.5. The van der Waals surface area contributed by atoms with E-state index in [4.69, 9.17) is 0 Å². The molecule has 0 aromatic rings. The van der Waals surface area contributed by atoms with Gasteiger partial charge < -0.3 is 10.2 Å². The third kappa shape index (κ3) is 3.27. The first-order valence-electron chi connectivity index (χ1n) is 5.26. The van der Waals surface area contributed by atoms with Crippen LogP contribution < -0.4 is 5.32 Å².